The molecule has 2 aromatic carbocycles. The maximum absolute atomic E-state index is 13.9. The Balaban J connectivity index is 1.77. The maximum atomic E-state index is 13.9. The summed E-state index contributed by atoms with van der Waals surface area (Å²) in [5, 5.41) is 8.86. The van der Waals surface area contributed by atoms with Gasteiger partial charge in [0.2, 0.25) is 0 Å². The van der Waals surface area contributed by atoms with Crippen LogP contribution in [0.3, 0.4) is 0 Å². The smallest absolute Gasteiger partial charge is 0.392 e. The summed E-state index contributed by atoms with van der Waals surface area (Å²) in [6.45, 7) is 0.331. The van der Waals surface area contributed by atoms with Gasteiger partial charge in [-0.2, -0.15) is 18.4 Å². The van der Waals surface area contributed by atoms with Crippen LogP contribution in [0.5, 0.6) is 5.75 Å². The van der Waals surface area contributed by atoms with Crippen LogP contribution in [0, 0.1) is 17.1 Å². The number of carbonyl (C=O) groups excluding carboxylic acids is 1. The van der Waals surface area contributed by atoms with Gasteiger partial charge in [-0.15, -0.1) is 0 Å². The first-order valence-electron chi connectivity index (χ1n) is 10.2. The number of carbonyl (C=O) groups is 1. The predicted molar refractivity (Wildman–Crippen MR) is 115 cm³/mol. The highest BCUT2D eigenvalue weighted by Crippen LogP contribution is 2.27. The fourth-order valence-corrected chi connectivity index (χ4v) is 4.09. The molecule has 0 unspecified atom stereocenters. The zero-order chi connectivity index (χ0) is 25.1. The second-order valence-corrected chi connectivity index (χ2v) is 9.71. The number of alkyl halides is 3. The number of halogens is 4. The Morgan fingerprint density at radius 1 is 1.12 bits per heavy atom. The molecule has 1 heterocycles. The quantitative estimate of drug-likeness (QED) is 0.566. The minimum absolute atomic E-state index is 0.0821. The molecule has 0 radical (unpaired) electrons. The number of ether oxygens (including phenoxy) is 1. The lowest BCUT2D eigenvalue weighted by Gasteiger charge is -2.36. The third-order valence-electron chi connectivity index (χ3n) is 5.26. The third kappa shape index (κ3) is 6.17. The van der Waals surface area contributed by atoms with Gasteiger partial charge in [0.1, 0.15) is 17.6 Å². The number of hydrogen-bond acceptors (Lipinski definition) is 6. The molecule has 0 N–H and O–H groups in total. The van der Waals surface area contributed by atoms with E-state index in [1.807, 2.05) is 4.90 Å². The van der Waals surface area contributed by atoms with E-state index < -0.39 is 40.8 Å². The van der Waals surface area contributed by atoms with Gasteiger partial charge in [-0.1, -0.05) is 0 Å². The average molecular weight is 499 g/mol. The van der Waals surface area contributed by atoms with Gasteiger partial charge in [0, 0.05) is 38.1 Å². The maximum Gasteiger partial charge on any atom is 0.392 e. The Hall–Kier alpha value is -3.33. The Bertz CT molecular complexity index is 1220. The topological polar surface area (TPSA) is 90.7 Å². The number of hydrogen-bond donors (Lipinski definition) is 0. The highest BCUT2D eigenvalue weighted by atomic mass is 32.2. The highest BCUT2D eigenvalue weighted by molar-refractivity contribution is 7.90. The molecule has 0 bridgehead atoms. The standard InChI is InChI=1S/C22H21F4N3O4S/c1-34(31,32)17-4-5-20(33-11-6-22(24,25)26)18(13-17)21(30)29-9-7-28(8-10-29)16-3-2-15(14-27)19(23)12-16/h2-5,12-13H,6-11H2,1H3. The molecule has 0 aromatic heterocycles. The Labute approximate surface area is 194 Å². The largest absolute Gasteiger partial charge is 0.492 e. The Morgan fingerprint density at radius 3 is 2.35 bits per heavy atom. The summed E-state index contributed by atoms with van der Waals surface area (Å²) in [7, 11) is -3.68. The van der Waals surface area contributed by atoms with Crippen LogP contribution in [0.15, 0.2) is 41.3 Å². The minimum atomic E-state index is -4.45. The van der Waals surface area contributed by atoms with E-state index in [0.29, 0.717) is 18.8 Å². The van der Waals surface area contributed by atoms with Gasteiger partial charge < -0.3 is 14.5 Å². The monoisotopic (exact) mass is 499 g/mol. The van der Waals surface area contributed by atoms with Crippen LogP contribution in [0.25, 0.3) is 0 Å². The number of anilines is 1. The van der Waals surface area contributed by atoms with E-state index in [2.05, 4.69) is 0 Å². The van der Waals surface area contributed by atoms with Gasteiger partial charge in [-0.05, 0) is 36.4 Å². The molecule has 1 aliphatic heterocycles. The number of nitrogens with zero attached hydrogens (tertiary/aromatic N) is 3. The molecule has 2 aromatic rings. The molecule has 34 heavy (non-hydrogen) atoms. The summed E-state index contributed by atoms with van der Waals surface area (Å²) in [6, 6.07) is 9.39. The number of rotatable bonds is 6. The molecule has 1 fully saturated rings. The summed E-state index contributed by atoms with van der Waals surface area (Å²) in [6.07, 6.45) is -4.72. The average Bonchev–Trinajstić information content (AvgIpc) is 2.77. The van der Waals surface area contributed by atoms with Crippen LogP contribution in [0.1, 0.15) is 22.3 Å². The van der Waals surface area contributed by atoms with Crippen molar-refractivity contribution in [2.75, 3.05) is 43.9 Å². The van der Waals surface area contributed by atoms with Crippen LogP contribution >= 0.6 is 0 Å². The number of piperazine rings is 1. The van der Waals surface area contributed by atoms with Crippen molar-refractivity contribution >= 4 is 21.4 Å². The number of nitriles is 1. The molecular formula is C22H21F4N3O4S. The first-order valence-corrected chi connectivity index (χ1v) is 12.1. The summed E-state index contributed by atoms with van der Waals surface area (Å²) >= 11 is 0. The highest BCUT2D eigenvalue weighted by Gasteiger charge is 2.29. The van der Waals surface area contributed by atoms with Crippen LogP contribution in [-0.4, -0.2) is 64.4 Å². The first-order chi connectivity index (χ1) is 15.9. The van der Waals surface area contributed by atoms with Gasteiger partial charge in [0.25, 0.3) is 5.91 Å². The second-order valence-electron chi connectivity index (χ2n) is 7.70. The Morgan fingerprint density at radius 2 is 1.79 bits per heavy atom. The van der Waals surface area contributed by atoms with E-state index in [1.54, 1.807) is 12.1 Å². The van der Waals surface area contributed by atoms with Gasteiger partial charge in [-0.3, -0.25) is 4.79 Å². The zero-order valence-corrected chi connectivity index (χ0v) is 18.9. The van der Waals surface area contributed by atoms with Crippen molar-refractivity contribution in [3.8, 4) is 11.8 Å². The lowest BCUT2D eigenvalue weighted by Crippen LogP contribution is -2.49. The molecular weight excluding hydrogens is 478 g/mol. The number of benzene rings is 2. The normalized spacial score (nSPS) is 14.6. The molecule has 182 valence electrons. The molecule has 1 saturated heterocycles. The van der Waals surface area contributed by atoms with Gasteiger partial charge in [0.05, 0.1) is 29.1 Å². The molecule has 3 rings (SSSR count). The summed E-state index contributed by atoms with van der Waals surface area (Å²) in [4.78, 5) is 16.2. The van der Waals surface area contributed by atoms with Crippen LogP contribution < -0.4 is 9.64 Å². The van der Waals surface area contributed by atoms with E-state index in [0.717, 1.165) is 12.3 Å². The summed E-state index contributed by atoms with van der Waals surface area (Å²) in [5.41, 5.74) is 0.309. The van der Waals surface area contributed by atoms with E-state index in [4.69, 9.17) is 10.00 Å². The fourth-order valence-electron chi connectivity index (χ4n) is 3.44. The van der Waals surface area contributed by atoms with Crippen LogP contribution in [-0.2, 0) is 9.84 Å². The molecule has 1 aliphatic rings. The van der Waals surface area contributed by atoms with Crippen molar-refractivity contribution < 1.29 is 35.5 Å². The van der Waals surface area contributed by atoms with Crippen molar-refractivity contribution in [1.29, 1.82) is 5.26 Å². The van der Waals surface area contributed by atoms with Crippen molar-refractivity contribution in [3.05, 3.63) is 53.3 Å². The molecule has 1 amide bonds. The van der Waals surface area contributed by atoms with Crippen molar-refractivity contribution in [1.82, 2.24) is 4.90 Å². The van der Waals surface area contributed by atoms with Gasteiger partial charge in [-0.25, -0.2) is 12.8 Å². The first kappa shape index (κ1) is 25.3. The van der Waals surface area contributed by atoms with E-state index in [1.165, 1.54) is 29.2 Å². The molecule has 0 aliphatic carbocycles. The minimum Gasteiger partial charge on any atom is -0.492 e. The van der Waals surface area contributed by atoms with Crippen LogP contribution in [0.4, 0.5) is 23.2 Å². The molecule has 0 atom stereocenters. The van der Waals surface area contributed by atoms with Crippen molar-refractivity contribution in [2.24, 2.45) is 0 Å². The summed E-state index contributed by atoms with van der Waals surface area (Å²) < 4.78 is 80.5. The molecule has 0 saturated carbocycles. The second kappa shape index (κ2) is 9.89. The molecule has 0 spiro atoms. The molecule has 7 nitrogen and oxygen atoms in total. The summed E-state index contributed by atoms with van der Waals surface area (Å²) in [5.74, 6) is -1.38. The fraction of sp³-hybridized carbons (Fsp3) is 0.364. The van der Waals surface area contributed by atoms with Gasteiger partial charge >= 0.3 is 6.18 Å². The van der Waals surface area contributed by atoms with Crippen LogP contribution in [0.2, 0.25) is 0 Å². The Kier molecular flexibility index (Phi) is 7.35. The van der Waals surface area contributed by atoms with Crippen molar-refractivity contribution in [2.45, 2.75) is 17.5 Å². The predicted octanol–water partition coefficient (Wildman–Crippen LogP) is 3.39. The lowest BCUT2D eigenvalue weighted by atomic mass is 10.1. The third-order valence-corrected chi connectivity index (χ3v) is 6.37. The molecule has 12 heteroatoms. The van der Waals surface area contributed by atoms with E-state index in [-0.39, 0.29) is 34.9 Å². The van der Waals surface area contributed by atoms with E-state index in [9.17, 15) is 30.8 Å². The van der Waals surface area contributed by atoms with E-state index >= 15 is 0 Å². The van der Waals surface area contributed by atoms with Crippen molar-refractivity contribution in [3.63, 3.8) is 0 Å². The number of sulfone groups is 1. The van der Waals surface area contributed by atoms with Gasteiger partial charge in [0.15, 0.2) is 9.84 Å². The number of amides is 1. The lowest BCUT2D eigenvalue weighted by molar-refractivity contribution is -0.139. The SMILES string of the molecule is CS(=O)(=O)c1ccc(OCCC(F)(F)F)c(C(=O)N2CCN(c3ccc(C#N)c(F)c3)CC2)c1. The zero-order valence-electron chi connectivity index (χ0n) is 18.1.